The lowest BCUT2D eigenvalue weighted by Crippen LogP contribution is -2.10. The third-order valence-electron chi connectivity index (χ3n) is 2.46. The topological polar surface area (TPSA) is 17.1 Å². The molecule has 1 unspecified atom stereocenters. The summed E-state index contributed by atoms with van der Waals surface area (Å²) in [6.07, 6.45) is -4.57. The Balaban J connectivity index is 3.08. The monoisotopic (exact) mass is 248 g/mol. The van der Waals surface area contributed by atoms with Gasteiger partial charge in [0, 0.05) is 6.42 Å². The number of carbonyl (C=O) groups excluding carboxylic acids is 1. The van der Waals surface area contributed by atoms with Crippen LogP contribution in [0.15, 0.2) is 18.2 Å². The molecule has 1 atom stereocenters. The average molecular weight is 248 g/mol. The third kappa shape index (κ3) is 3.54. The highest BCUT2D eigenvalue weighted by molar-refractivity contribution is 5.76. The first kappa shape index (κ1) is 13.7. The van der Waals surface area contributed by atoms with Gasteiger partial charge in [-0.05, 0) is 30.5 Å². The van der Waals surface area contributed by atoms with Crippen LogP contribution in [0.5, 0.6) is 0 Å². The van der Waals surface area contributed by atoms with Crippen molar-refractivity contribution in [1.29, 1.82) is 0 Å². The molecule has 0 saturated heterocycles. The van der Waals surface area contributed by atoms with Crippen molar-refractivity contribution in [2.45, 2.75) is 32.4 Å². The summed E-state index contributed by atoms with van der Waals surface area (Å²) in [4.78, 5) is 10.9. The van der Waals surface area contributed by atoms with Crippen molar-refractivity contribution < 1.29 is 22.4 Å². The number of hydrogen-bond acceptors (Lipinski definition) is 1. The maximum atomic E-state index is 13.0. The lowest BCUT2D eigenvalue weighted by atomic mass is 9.94. The van der Waals surface area contributed by atoms with E-state index in [1.54, 1.807) is 6.92 Å². The molecule has 0 saturated carbocycles. The molecule has 17 heavy (non-hydrogen) atoms. The van der Waals surface area contributed by atoms with Crippen molar-refractivity contribution in [3.8, 4) is 0 Å². The standard InChI is InChI=1S/C12H12F4O/c1-7(5-8(2)17)9-3-4-11(13)10(6-9)12(14,15)16/h3-4,6-7H,5H2,1-2H3. The maximum absolute atomic E-state index is 13.0. The molecule has 5 heteroatoms. The Bertz CT molecular complexity index is 423. The highest BCUT2D eigenvalue weighted by atomic mass is 19.4. The Morgan fingerprint density at radius 2 is 1.94 bits per heavy atom. The van der Waals surface area contributed by atoms with Gasteiger partial charge in [-0.25, -0.2) is 4.39 Å². The lowest BCUT2D eigenvalue weighted by molar-refractivity contribution is -0.140. The van der Waals surface area contributed by atoms with Gasteiger partial charge in [0.1, 0.15) is 11.6 Å². The first-order chi connectivity index (χ1) is 7.71. The molecule has 0 N–H and O–H groups in total. The Kier molecular flexibility index (Phi) is 3.91. The minimum absolute atomic E-state index is 0.115. The van der Waals surface area contributed by atoms with Gasteiger partial charge >= 0.3 is 6.18 Å². The van der Waals surface area contributed by atoms with E-state index in [2.05, 4.69) is 0 Å². The van der Waals surface area contributed by atoms with Gasteiger partial charge in [-0.3, -0.25) is 0 Å². The van der Waals surface area contributed by atoms with Gasteiger partial charge in [-0.2, -0.15) is 13.2 Å². The summed E-state index contributed by atoms with van der Waals surface area (Å²) in [6, 6.07) is 2.83. The van der Waals surface area contributed by atoms with Gasteiger partial charge in [0.25, 0.3) is 0 Å². The van der Waals surface area contributed by atoms with Gasteiger partial charge in [0.2, 0.25) is 0 Å². The van der Waals surface area contributed by atoms with Gasteiger partial charge in [-0.15, -0.1) is 0 Å². The van der Waals surface area contributed by atoms with E-state index in [0.29, 0.717) is 5.56 Å². The second-order valence-electron chi connectivity index (χ2n) is 4.04. The van der Waals surface area contributed by atoms with Crippen molar-refractivity contribution in [3.05, 3.63) is 35.1 Å². The smallest absolute Gasteiger partial charge is 0.300 e. The zero-order valence-electron chi connectivity index (χ0n) is 9.44. The van der Waals surface area contributed by atoms with Crippen LogP contribution in [0.1, 0.15) is 37.3 Å². The fourth-order valence-corrected chi connectivity index (χ4v) is 1.62. The predicted molar refractivity (Wildman–Crippen MR) is 55.1 cm³/mol. The normalized spacial score (nSPS) is 13.5. The number of carbonyl (C=O) groups is 1. The van der Waals surface area contributed by atoms with Crippen molar-refractivity contribution in [1.82, 2.24) is 0 Å². The molecule has 1 aromatic rings. The number of benzene rings is 1. The summed E-state index contributed by atoms with van der Waals surface area (Å²) in [5.41, 5.74) is -0.973. The van der Waals surface area contributed by atoms with E-state index in [0.717, 1.165) is 12.1 Å². The molecule has 1 nitrogen and oxygen atoms in total. The van der Waals surface area contributed by atoms with Crippen LogP contribution in [-0.4, -0.2) is 5.78 Å². The second-order valence-corrected chi connectivity index (χ2v) is 4.04. The summed E-state index contributed by atoms with van der Waals surface area (Å²) in [5.74, 6) is -1.76. The molecular formula is C12H12F4O. The molecule has 94 valence electrons. The zero-order valence-corrected chi connectivity index (χ0v) is 9.44. The summed E-state index contributed by atoms with van der Waals surface area (Å²) in [5, 5.41) is 0. The van der Waals surface area contributed by atoms with Crippen molar-refractivity contribution >= 4 is 5.78 Å². The van der Waals surface area contributed by atoms with E-state index >= 15 is 0 Å². The molecule has 0 aliphatic heterocycles. The SMILES string of the molecule is CC(=O)CC(C)c1ccc(F)c(C(F)(F)F)c1. The molecule has 0 aromatic heterocycles. The van der Waals surface area contributed by atoms with E-state index in [-0.39, 0.29) is 18.1 Å². The van der Waals surface area contributed by atoms with Crippen LogP contribution in [0.4, 0.5) is 17.6 Å². The number of halogens is 4. The molecular weight excluding hydrogens is 236 g/mol. The number of rotatable bonds is 3. The zero-order chi connectivity index (χ0) is 13.2. The van der Waals surface area contributed by atoms with E-state index in [1.165, 1.54) is 13.0 Å². The van der Waals surface area contributed by atoms with E-state index in [9.17, 15) is 22.4 Å². The van der Waals surface area contributed by atoms with Crippen LogP contribution in [0, 0.1) is 5.82 Å². The molecule has 0 aliphatic carbocycles. The fraction of sp³-hybridized carbons (Fsp3) is 0.417. The largest absolute Gasteiger partial charge is 0.419 e. The van der Waals surface area contributed by atoms with Gasteiger partial charge in [0.05, 0.1) is 5.56 Å². The van der Waals surface area contributed by atoms with Crippen LogP contribution in [0.2, 0.25) is 0 Å². The van der Waals surface area contributed by atoms with Crippen molar-refractivity contribution in [2.24, 2.45) is 0 Å². The Labute approximate surface area is 96.4 Å². The van der Waals surface area contributed by atoms with Crippen LogP contribution >= 0.6 is 0 Å². The molecule has 0 heterocycles. The summed E-state index contributed by atoms with van der Waals surface area (Å²) in [7, 11) is 0. The molecule has 0 radical (unpaired) electrons. The van der Waals surface area contributed by atoms with Crippen LogP contribution in [-0.2, 0) is 11.0 Å². The van der Waals surface area contributed by atoms with E-state index in [4.69, 9.17) is 0 Å². The molecule has 0 bridgehead atoms. The van der Waals surface area contributed by atoms with Gasteiger partial charge < -0.3 is 4.79 Å². The summed E-state index contributed by atoms with van der Waals surface area (Å²) >= 11 is 0. The van der Waals surface area contributed by atoms with Crippen molar-refractivity contribution in [2.75, 3.05) is 0 Å². The van der Waals surface area contributed by atoms with E-state index < -0.39 is 17.6 Å². The number of alkyl halides is 3. The van der Waals surface area contributed by atoms with Gasteiger partial charge in [-0.1, -0.05) is 13.0 Å². The number of hydrogen-bond donors (Lipinski definition) is 0. The summed E-state index contributed by atoms with van der Waals surface area (Å²) < 4.78 is 50.3. The lowest BCUT2D eigenvalue weighted by Gasteiger charge is -2.14. The maximum Gasteiger partial charge on any atom is 0.419 e. The summed E-state index contributed by atoms with van der Waals surface area (Å²) in [6.45, 7) is 3.00. The first-order valence-corrected chi connectivity index (χ1v) is 5.08. The molecule has 0 fully saturated rings. The second kappa shape index (κ2) is 4.85. The van der Waals surface area contributed by atoms with Crippen molar-refractivity contribution in [3.63, 3.8) is 0 Å². The highest BCUT2D eigenvalue weighted by Crippen LogP contribution is 2.33. The Hall–Kier alpha value is -1.39. The fourth-order valence-electron chi connectivity index (χ4n) is 1.62. The molecule has 0 amide bonds. The Morgan fingerprint density at radius 1 is 1.35 bits per heavy atom. The average Bonchev–Trinajstić information content (AvgIpc) is 2.15. The molecule has 0 spiro atoms. The molecule has 0 aliphatic rings. The highest BCUT2D eigenvalue weighted by Gasteiger charge is 2.34. The quantitative estimate of drug-likeness (QED) is 0.741. The molecule has 1 aromatic carbocycles. The minimum atomic E-state index is -4.71. The minimum Gasteiger partial charge on any atom is -0.300 e. The van der Waals surface area contributed by atoms with E-state index in [1.807, 2.05) is 0 Å². The predicted octanol–water partition coefficient (Wildman–Crippen LogP) is 3.93. The molecule has 1 rings (SSSR count). The van der Waals surface area contributed by atoms with Gasteiger partial charge in [0.15, 0.2) is 0 Å². The van der Waals surface area contributed by atoms with Crippen LogP contribution in [0.3, 0.4) is 0 Å². The van der Waals surface area contributed by atoms with Crippen LogP contribution < -0.4 is 0 Å². The van der Waals surface area contributed by atoms with Crippen LogP contribution in [0.25, 0.3) is 0 Å². The Morgan fingerprint density at radius 3 is 2.41 bits per heavy atom. The number of Topliss-reactive ketones (excluding diaryl/α,β-unsaturated/α-hetero) is 1. The number of ketones is 1. The third-order valence-corrected chi connectivity index (χ3v) is 2.46. The first-order valence-electron chi connectivity index (χ1n) is 5.08.